The molecule has 2 rings (SSSR count). The number of hydrogen-bond acceptors (Lipinski definition) is 6. The Balaban J connectivity index is 1.94. The number of phenols is 2. The topological polar surface area (TPSA) is 78.3 Å². The average molecular weight is 279 g/mol. The number of nitrogens with one attached hydrogen (secondary N) is 1. The fourth-order valence-corrected chi connectivity index (χ4v) is 2.56. The van der Waals surface area contributed by atoms with Gasteiger partial charge in [-0.3, -0.25) is 0 Å². The van der Waals surface area contributed by atoms with E-state index in [2.05, 4.69) is 29.4 Å². The van der Waals surface area contributed by atoms with Gasteiger partial charge in [-0.15, -0.1) is 10.2 Å². The van der Waals surface area contributed by atoms with Crippen LogP contribution in [0, 0.1) is 5.92 Å². The van der Waals surface area contributed by atoms with Gasteiger partial charge < -0.3 is 15.5 Å². The number of nitrogens with zero attached hydrogens (tertiary/aromatic N) is 2. The lowest BCUT2D eigenvalue weighted by Crippen LogP contribution is -1.98. The standard InChI is InChI=1S/C13H17N3O2S/c1-8(2)5-12-15-16-13(19-12)14-7-9-3-4-10(17)11(18)6-9/h3-4,6,8,17-18H,5,7H2,1-2H3,(H,14,16). The maximum absolute atomic E-state index is 9.40. The first kappa shape index (κ1) is 13.6. The van der Waals surface area contributed by atoms with Crippen molar-refractivity contribution in [3.63, 3.8) is 0 Å². The molecule has 3 N–H and O–H groups in total. The van der Waals surface area contributed by atoms with E-state index in [1.807, 2.05) is 0 Å². The summed E-state index contributed by atoms with van der Waals surface area (Å²) in [6, 6.07) is 4.74. The van der Waals surface area contributed by atoms with Crippen LogP contribution in [-0.4, -0.2) is 20.4 Å². The molecule has 1 aromatic carbocycles. The van der Waals surface area contributed by atoms with Crippen LogP contribution in [0.3, 0.4) is 0 Å². The van der Waals surface area contributed by atoms with Crippen LogP contribution in [-0.2, 0) is 13.0 Å². The Morgan fingerprint density at radius 1 is 1.21 bits per heavy atom. The molecule has 0 fully saturated rings. The normalized spacial score (nSPS) is 10.9. The molecule has 0 aliphatic rings. The fraction of sp³-hybridized carbons (Fsp3) is 0.385. The van der Waals surface area contributed by atoms with Crippen LogP contribution >= 0.6 is 11.3 Å². The molecule has 0 unspecified atom stereocenters. The lowest BCUT2D eigenvalue weighted by atomic mass is 10.1. The molecule has 0 atom stereocenters. The lowest BCUT2D eigenvalue weighted by molar-refractivity contribution is 0.403. The number of phenolic OH excluding ortho intramolecular Hbond substituents is 2. The summed E-state index contributed by atoms with van der Waals surface area (Å²) in [7, 11) is 0. The highest BCUT2D eigenvalue weighted by Gasteiger charge is 2.06. The van der Waals surface area contributed by atoms with E-state index in [0.717, 1.165) is 22.1 Å². The third kappa shape index (κ3) is 3.82. The maximum atomic E-state index is 9.40. The number of anilines is 1. The highest BCUT2D eigenvalue weighted by atomic mass is 32.1. The fourth-order valence-electron chi connectivity index (χ4n) is 1.61. The zero-order valence-electron chi connectivity index (χ0n) is 10.9. The Labute approximate surface area is 115 Å². The van der Waals surface area contributed by atoms with Gasteiger partial charge in [0.05, 0.1) is 0 Å². The second-order valence-corrected chi connectivity index (χ2v) is 5.84. The van der Waals surface area contributed by atoms with E-state index in [0.29, 0.717) is 12.5 Å². The Hall–Kier alpha value is -1.82. The predicted molar refractivity (Wildman–Crippen MR) is 75.5 cm³/mol. The molecule has 2 aromatic rings. The molecular formula is C13H17N3O2S. The maximum Gasteiger partial charge on any atom is 0.205 e. The summed E-state index contributed by atoms with van der Waals surface area (Å²) < 4.78 is 0. The Bertz CT molecular complexity index is 555. The molecule has 6 heteroatoms. The van der Waals surface area contributed by atoms with E-state index in [1.165, 1.54) is 12.1 Å². The van der Waals surface area contributed by atoms with Gasteiger partial charge in [-0.05, 0) is 23.6 Å². The molecular weight excluding hydrogens is 262 g/mol. The molecule has 0 aliphatic carbocycles. The minimum atomic E-state index is -0.114. The summed E-state index contributed by atoms with van der Waals surface area (Å²) in [5.41, 5.74) is 0.871. The molecule has 5 nitrogen and oxygen atoms in total. The van der Waals surface area contributed by atoms with Gasteiger partial charge in [0.1, 0.15) is 5.01 Å². The van der Waals surface area contributed by atoms with Crippen LogP contribution in [0.15, 0.2) is 18.2 Å². The Kier molecular flexibility index (Phi) is 4.21. The minimum absolute atomic E-state index is 0.112. The van der Waals surface area contributed by atoms with Crippen LogP contribution < -0.4 is 5.32 Å². The van der Waals surface area contributed by atoms with E-state index in [4.69, 9.17) is 0 Å². The number of aromatic nitrogens is 2. The van der Waals surface area contributed by atoms with Crippen LogP contribution in [0.1, 0.15) is 24.4 Å². The third-order valence-electron chi connectivity index (χ3n) is 2.53. The van der Waals surface area contributed by atoms with Crippen molar-refractivity contribution in [3.05, 3.63) is 28.8 Å². The number of aromatic hydroxyl groups is 2. The van der Waals surface area contributed by atoms with Crippen LogP contribution in [0.4, 0.5) is 5.13 Å². The summed E-state index contributed by atoms with van der Waals surface area (Å²) >= 11 is 1.54. The van der Waals surface area contributed by atoms with Gasteiger partial charge >= 0.3 is 0 Å². The van der Waals surface area contributed by atoms with E-state index >= 15 is 0 Å². The van der Waals surface area contributed by atoms with Crippen LogP contribution in [0.2, 0.25) is 0 Å². The summed E-state index contributed by atoms with van der Waals surface area (Å²) in [4.78, 5) is 0. The SMILES string of the molecule is CC(C)Cc1nnc(NCc2ccc(O)c(O)c2)s1. The summed E-state index contributed by atoms with van der Waals surface area (Å²) in [5, 5.41) is 31.7. The van der Waals surface area contributed by atoms with Gasteiger partial charge in [0.25, 0.3) is 0 Å². The van der Waals surface area contributed by atoms with Crippen molar-refractivity contribution >= 4 is 16.5 Å². The van der Waals surface area contributed by atoms with E-state index in [1.54, 1.807) is 17.4 Å². The highest BCUT2D eigenvalue weighted by molar-refractivity contribution is 7.15. The molecule has 19 heavy (non-hydrogen) atoms. The van der Waals surface area contributed by atoms with Crippen molar-refractivity contribution in [2.24, 2.45) is 5.92 Å². The molecule has 0 spiro atoms. The second kappa shape index (κ2) is 5.88. The number of hydrogen-bond donors (Lipinski definition) is 3. The molecule has 0 saturated heterocycles. The molecule has 1 heterocycles. The molecule has 0 amide bonds. The first-order valence-electron chi connectivity index (χ1n) is 6.11. The predicted octanol–water partition coefficient (Wildman–Crippen LogP) is 2.76. The zero-order valence-corrected chi connectivity index (χ0v) is 11.7. The van der Waals surface area contributed by atoms with Crippen molar-refractivity contribution in [2.45, 2.75) is 26.8 Å². The van der Waals surface area contributed by atoms with Gasteiger partial charge in [0.2, 0.25) is 5.13 Å². The second-order valence-electron chi connectivity index (χ2n) is 4.78. The monoisotopic (exact) mass is 279 g/mol. The van der Waals surface area contributed by atoms with Gasteiger partial charge in [-0.25, -0.2) is 0 Å². The summed E-state index contributed by atoms with van der Waals surface area (Å²) in [6.07, 6.45) is 0.930. The third-order valence-corrected chi connectivity index (χ3v) is 3.44. The molecule has 0 aliphatic heterocycles. The lowest BCUT2D eigenvalue weighted by Gasteiger charge is -2.04. The van der Waals surface area contributed by atoms with Gasteiger partial charge in [0.15, 0.2) is 11.5 Å². The first-order chi connectivity index (χ1) is 9.04. The van der Waals surface area contributed by atoms with Crippen LogP contribution in [0.25, 0.3) is 0 Å². The zero-order chi connectivity index (χ0) is 13.8. The van der Waals surface area contributed by atoms with Crippen molar-refractivity contribution < 1.29 is 10.2 Å². The van der Waals surface area contributed by atoms with E-state index in [-0.39, 0.29) is 11.5 Å². The molecule has 0 saturated carbocycles. The summed E-state index contributed by atoms with van der Waals surface area (Å²) in [6.45, 7) is 4.82. The van der Waals surface area contributed by atoms with Crippen molar-refractivity contribution in [1.82, 2.24) is 10.2 Å². The Morgan fingerprint density at radius 2 is 2.00 bits per heavy atom. The van der Waals surface area contributed by atoms with Gasteiger partial charge in [-0.1, -0.05) is 31.3 Å². The molecule has 0 radical (unpaired) electrons. The number of rotatable bonds is 5. The Morgan fingerprint density at radius 3 is 2.68 bits per heavy atom. The number of benzene rings is 1. The quantitative estimate of drug-likeness (QED) is 0.733. The van der Waals surface area contributed by atoms with Crippen LogP contribution in [0.5, 0.6) is 11.5 Å². The van der Waals surface area contributed by atoms with Gasteiger partial charge in [-0.2, -0.15) is 0 Å². The molecule has 1 aromatic heterocycles. The largest absolute Gasteiger partial charge is 0.504 e. The highest BCUT2D eigenvalue weighted by Crippen LogP contribution is 2.25. The first-order valence-corrected chi connectivity index (χ1v) is 6.93. The van der Waals surface area contributed by atoms with E-state index < -0.39 is 0 Å². The minimum Gasteiger partial charge on any atom is -0.504 e. The van der Waals surface area contributed by atoms with E-state index in [9.17, 15) is 10.2 Å². The smallest absolute Gasteiger partial charge is 0.205 e. The van der Waals surface area contributed by atoms with Crippen molar-refractivity contribution in [3.8, 4) is 11.5 Å². The molecule has 0 bridgehead atoms. The van der Waals surface area contributed by atoms with Crippen molar-refractivity contribution in [1.29, 1.82) is 0 Å². The van der Waals surface area contributed by atoms with Crippen molar-refractivity contribution in [2.75, 3.05) is 5.32 Å². The average Bonchev–Trinajstić information content (AvgIpc) is 2.77. The summed E-state index contributed by atoms with van der Waals surface area (Å²) in [5.74, 6) is 0.339. The molecule has 102 valence electrons. The van der Waals surface area contributed by atoms with Gasteiger partial charge in [0, 0.05) is 13.0 Å².